The van der Waals surface area contributed by atoms with E-state index in [1.165, 1.54) is 11.3 Å². The summed E-state index contributed by atoms with van der Waals surface area (Å²) in [5, 5.41) is 11.0. The van der Waals surface area contributed by atoms with Crippen LogP contribution >= 0.6 is 22.9 Å². The van der Waals surface area contributed by atoms with E-state index in [1.54, 1.807) is 12.1 Å². The monoisotopic (exact) mass is 442 g/mol. The standard InChI is InChI=1S/C21H19ClN4O3S/c22-15-2-1-3-16-18(15)24-20(30-16)14-12-13-4-5-17(23-19(13)29-21(14)28)26-8-6-25(7-9-26)10-11-27/h1-5,12,27H,6-11H2. The molecular formula is C21H19ClN4O3S. The van der Waals surface area contributed by atoms with Crippen molar-refractivity contribution in [3.05, 3.63) is 51.8 Å². The van der Waals surface area contributed by atoms with Gasteiger partial charge in [0.2, 0.25) is 5.71 Å². The largest absolute Gasteiger partial charge is 0.403 e. The Morgan fingerprint density at radius 2 is 1.97 bits per heavy atom. The number of halogens is 1. The van der Waals surface area contributed by atoms with Crippen molar-refractivity contribution < 1.29 is 9.52 Å². The average Bonchev–Trinajstić information content (AvgIpc) is 3.19. The van der Waals surface area contributed by atoms with Crippen LogP contribution in [0.5, 0.6) is 0 Å². The predicted molar refractivity (Wildman–Crippen MR) is 120 cm³/mol. The van der Waals surface area contributed by atoms with Gasteiger partial charge in [-0.05, 0) is 30.3 Å². The quantitative estimate of drug-likeness (QED) is 0.519. The fraction of sp³-hybridized carbons (Fsp3) is 0.286. The molecule has 0 amide bonds. The summed E-state index contributed by atoms with van der Waals surface area (Å²) in [7, 11) is 0. The number of aromatic nitrogens is 2. The lowest BCUT2D eigenvalue weighted by molar-refractivity contribution is 0.188. The highest BCUT2D eigenvalue weighted by atomic mass is 35.5. The van der Waals surface area contributed by atoms with Crippen molar-refractivity contribution in [3.8, 4) is 10.6 Å². The molecule has 4 aromatic rings. The lowest BCUT2D eigenvalue weighted by atomic mass is 10.2. The summed E-state index contributed by atoms with van der Waals surface area (Å²) in [5.74, 6) is 0.786. The van der Waals surface area contributed by atoms with Crippen molar-refractivity contribution >= 4 is 50.1 Å². The molecule has 30 heavy (non-hydrogen) atoms. The maximum Gasteiger partial charge on any atom is 0.347 e. The fourth-order valence-corrected chi connectivity index (χ4v) is 4.96. The summed E-state index contributed by atoms with van der Waals surface area (Å²) in [6, 6.07) is 11.2. The van der Waals surface area contributed by atoms with E-state index in [1.807, 2.05) is 24.3 Å². The van der Waals surface area contributed by atoms with Crippen molar-refractivity contribution in [2.45, 2.75) is 0 Å². The number of rotatable bonds is 4. The molecule has 1 aromatic carbocycles. The van der Waals surface area contributed by atoms with Gasteiger partial charge in [0.25, 0.3) is 0 Å². The maximum atomic E-state index is 12.7. The Kier molecular flexibility index (Phi) is 5.16. The number of aliphatic hydroxyl groups excluding tert-OH is 1. The number of nitrogens with zero attached hydrogens (tertiary/aromatic N) is 4. The molecule has 1 aliphatic heterocycles. The SMILES string of the molecule is O=c1oc2nc(N3CCN(CCO)CC3)ccc2cc1-c1nc2c(Cl)cccc2s1. The molecule has 0 aliphatic carbocycles. The average molecular weight is 443 g/mol. The van der Waals surface area contributed by atoms with Gasteiger partial charge in [-0.15, -0.1) is 11.3 Å². The second kappa shape index (κ2) is 7.96. The fourth-order valence-electron chi connectivity index (χ4n) is 3.69. The predicted octanol–water partition coefficient (Wildman–Crippen LogP) is 3.23. The number of pyridine rings is 1. The Hall–Kier alpha value is -2.52. The highest BCUT2D eigenvalue weighted by Gasteiger charge is 2.19. The van der Waals surface area contributed by atoms with E-state index in [0.29, 0.717) is 33.4 Å². The molecule has 7 nitrogen and oxygen atoms in total. The second-order valence-electron chi connectivity index (χ2n) is 7.17. The summed E-state index contributed by atoms with van der Waals surface area (Å²) in [6.45, 7) is 4.21. The number of piperazine rings is 1. The van der Waals surface area contributed by atoms with Crippen LogP contribution in [0.25, 0.3) is 31.9 Å². The van der Waals surface area contributed by atoms with Crippen LogP contribution in [-0.4, -0.2) is 59.3 Å². The minimum absolute atomic E-state index is 0.169. The van der Waals surface area contributed by atoms with Gasteiger partial charge in [0.05, 0.1) is 21.9 Å². The van der Waals surface area contributed by atoms with E-state index < -0.39 is 5.63 Å². The van der Waals surface area contributed by atoms with Crippen molar-refractivity contribution in [1.29, 1.82) is 0 Å². The molecule has 154 valence electrons. The molecule has 0 spiro atoms. The zero-order chi connectivity index (χ0) is 20.7. The molecule has 9 heteroatoms. The summed E-state index contributed by atoms with van der Waals surface area (Å²) < 4.78 is 6.48. The molecule has 0 unspecified atom stereocenters. The number of hydrogen-bond donors (Lipinski definition) is 1. The molecule has 5 rings (SSSR count). The lowest BCUT2D eigenvalue weighted by Crippen LogP contribution is -2.47. The molecule has 3 aromatic heterocycles. The third-order valence-electron chi connectivity index (χ3n) is 5.30. The first-order chi connectivity index (χ1) is 14.6. The van der Waals surface area contributed by atoms with Gasteiger partial charge < -0.3 is 14.4 Å². The first kappa shape index (κ1) is 19.4. The third kappa shape index (κ3) is 3.56. The van der Waals surface area contributed by atoms with Crippen molar-refractivity contribution in [2.75, 3.05) is 44.2 Å². The second-order valence-corrected chi connectivity index (χ2v) is 8.61. The highest BCUT2D eigenvalue weighted by Crippen LogP contribution is 2.33. The Morgan fingerprint density at radius 1 is 1.13 bits per heavy atom. The lowest BCUT2D eigenvalue weighted by Gasteiger charge is -2.35. The van der Waals surface area contributed by atoms with Crippen molar-refractivity contribution in [3.63, 3.8) is 0 Å². The molecule has 0 saturated carbocycles. The number of benzene rings is 1. The van der Waals surface area contributed by atoms with Crippen molar-refractivity contribution in [1.82, 2.24) is 14.9 Å². The van der Waals surface area contributed by atoms with Crippen LogP contribution in [0.2, 0.25) is 5.02 Å². The third-order valence-corrected chi connectivity index (χ3v) is 6.66. The Morgan fingerprint density at radius 3 is 2.73 bits per heavy atom. The van der Waals surface area contributed by atoms with E-state index in [4.69, 9.17) is 21.1 Å². The summed E-state index contributed by atoms with van der Waals surface area (Å²) in [5.41, 5.74) is 0.952. The van der Waals surface area contributed by atoms with Crippen LogP contribution in [-0.2, 0) is 0 Å². The topological polar surface area (TPSA) is 82.7 Å². The van der Waals surface area contributed by atoms with E-state index in [9.17, 15) is 4.79 Å². The van der Waals surface area contributed by atoms with Crippen LogP contribution < -0.4 is 10.5 Å². The molecule has 1 fully saturated rings. The van der Waals surface area contributed by atoms with Gasteiger partial charge in [-0.2, -0.15) is 4.98 Å². The molecule has 0 bridgehead atoms. The molecule has 0 atom stereocenters. The maximum absolute atomic E-state index is 12.7. The zero-order valence-electron chi connectivity index (χ0n) is 16.0. The Bertz CT molecular complexity index is 1280. The number of anilines is 1. The van der Waals surface area contributed by atoms with Crippen LogP contribution in [0.4, 0.5) is 5.82 Å². The van der Waals surface area contributed by atoms with Gasteiger partial charge >= 0.3 is 5.63 Å². The zero-order valence-corrected chi connectivity index (χ0v) is 17.6. The van der Waals surface area contributed by atoms with Gasteiger partial charge in [-0.25, -0.2) is 9.78 Å². The molecule has 1 N–H and O–H groups in total. The van der Waals surface area contributed by atoms with Crippen LogP contribution in [0.1, 0.15) is 0 Å². The molecule has 1 saturated heterocycles. The van der Waals surface area contributed by atoms with Gasteiger partial charge in [0, 0.05) is 38.1 Å². The van der Waals surface area contributed by atoms with Crippen LogP contribution in [0, 0.1) is 0 Å². The number of fused-ring (bicyclic) bond motifs is 2. The van der Waals surface area contributed by atoms with E-state index in [-0.39, 0.29) is 6.61 Å². The number of thiazole rings is 1. The molecular weight excluding hydrogens is 424 g/mol. The summed E-state index contributed by atoms with van der Waals surface area (Å²) in [4.78, 5) is 26.2. The number of hydrogen-bond acceptors (Lipinski definition) is 8. The highest BCUT2D eigenvalue weighted by molar-refractivity contribution is 7.21. The Labute approximate surface area is 181 Å². The molecule has 1 aliphatic rings. The van der Waals surface area contributed by atoms with E-state index in [2.05, 4.69) is 19.8 Å². The molecule has 4 heterocycles. The molecule has 0 radical (unpaired) electrons. The number of β-amino-alcohol motifs (C(OH)–C–C–N with tert-alkyl or cyclic N) is 1. The number of aliphatic hydroxyl groups is 1. The minimum atomic E-state index is -0.463. The Balaban J connectivity index is 1.47. The van der Waals surface area contributed by atoms with Crippen LogP contribution in [0.15, 0.2) is 45.6 Å². The van der Waals surface area contributed by atoms with Gasteiger partial charge in [-0.3, -0.25) is 4.90 Å². The first-order valence-corrected chi connectivity index (χ1v) is 10.9. The summed E-state index contributed by atoms with van der Waals surface area (Å²) >= 11 is 7.63. The van der Waals surface area contributed by atoms with Crippen molar-refractivity contribution in [2.24, 2.45) is 0 Å². The first-order valence-electron chi connectivity index (χ1n) is 9.71. The summed E-state index contributed by atoms with van der Waals surface area (Å²) in [6.07, 6.45) is 0. The number of para-hydroxylation sites is 1. The minimum Gasteiger partial charge on any atom is -0.403 e. The normalized spacial score (nSPS) is 15.3. The van der Waals surface area contributed by atoms with Gasteiger partial charge in [0.15, 0.2) is 0 Å². The van der Waals surface area contributed by atoms with E-state index >= 15 is 0 Å². The van der Waals surface area contributed by atoms with Gasteiger partial charge in [0.1, 0.15) is 16.3 Å². The van der Waals surface area contributed by atoms with E-state index in [0.717, 1.165) is 42.1 Å². The smallest absolute Gasteiger partial charge is 0.347 e. The van der Waals surface area contributed by atoms with Crippen LogP contribution in [0.3, 0.4) is 0 Å². The van der Waals surface area contributed by atoms with Gasteiger partial charge in [-0.1, -0.05) is 17.7 Å².